The summed E-state index contributed by atoms with van der Waals surface area (Å²) in [5, 5.41) is 4.77. The average molecular weight is 590 g/mol. The minimum absolute atomic E-state index is 0.0859. The minimum atomic E-state index is -0.425. The average Bonchev–Trinajstić information content (AvgIpc) is 3.72. The molecule has 0 N–H and O–H groups in total. The van der Waals surface area contributed by atoms with Gasteiger partial charge in [-0.05, 0) is 55.2 Å². The van der Waals surface area contributed by atoms with E-state index in [1.165, 1.54) is 18.7 Å². The van der Waals surface area contributed by atoms with Crippen molar-refractivity contribution in [1.82, 2.24) is 19.5 Å². The Bertz CT molecular complexity index is 1890. The number of halogens is 1. The largest absolute Gasteiger partial charge is 0.469 e. The lowest BCUT2D eigenvalue weighted by Gasteiger charge is -2.35. The van der Waals surface area contributed by atoms with Crippen LogP contribution in [0.4, 0.5) is 10.1 Å². The van der Waals surface area contributed by atoms with E-state index in [-0.39, 0.29) is 23.8 Å². The second kappa shape index (κ2) is 11.2. The molecule has 0 saturated carbocycles. The van der Waals surface area contributed by atoms with Crippen molar-refractivity contribution in [3.63, 3.8) is 0 Å². The van der Waals surface area contributed by atoms with Crippen LogP contribution in [-0.2, 0) is 16.0 Å². The lowest BCUT2D eigenvalue weighted by Crippen LogP contribution is -2.39. The summed E-state index contributed by atoms with van der Waals surface area (Å²) in [4.78, 5) is 34.5. The standard InChI is InChI=1S/C35H32FN5O3/c1-22-27-11-7-6-8-23(27)15-17-40(22)34(42)31-19-32(24-9-4-3-5-10-24)41-33(37-31)20-30(38-41)28-13-12-26(18-29(28)36)39-16-14-25(21-39)35(43)44-2/h3-13,18-20,22,25H,14-17,21H2,1-2H3/t22-,25+/m1/s1. The van der Waals surface area contributed by atoms with Crippen molar-refractivity contribution in [2.75, 3.05) is 31.6 Å². The van der Waals surface area contributed by atoms with Crippen LogP contribution in [-0.4, -0.2) is 58.1 Å². The molecule has 0 unspecified atom stereocenters. The normalized spacial score (nSPS) is 18.0. The molecular formula is C35H32FN5O3. The second-order valence-electron chi connectivity index (χ2n) is 11.4. The maximum Gasteiger partial charge on any atom is 0.310 e. The summed E-state index contributed by atoms with van der Waals surface area (Å²) in [6, 6.07) is 26.4. The summed E-state index contributed by atoms with van der Waals surface area (Å²) in [5.74, 6) is -1.04. The molecule has 0 radical (unpaired) electrons. The Morgan fingerprint density at radius 1 is 0.955 bits per heavy atom. The van der Waals surface area contributed by atoms with E-state index >= 15 is 4.39 Å². The van der Waals surface area contributed by atoms with E-state index in [0.717, 1.165) is 17.5 Å². The molecule has 2 aliphatic heterocycles. The molecule has 4 heterocycles. The number of rotatable bonds is 5. The van der Waals surface area contributed by atoms with Crippen LogP contribution in [0, 0.1) is 11.7 Å². The van der Waals surface area contributed by atoms with Crippen LogP contribution < -0.4 is 4.90 Å². The van der Waals surface area contributed by atoms with Crippen molar-refractivity contribution in [2.45, 2.75) is 25.8 Å². The van der Waals surface area contributed by atoms with Crippen molar-refractivity contribution in [1.29, 1.82) is 0 Å². The zero-order valence-corrected chi connectivity index (χ0v) is 24.6. The molecule has 2 aliphatic rings. The van der Waals surface area contributed by atoms with Gasteiger partial charge in [0.2, 0.25) is 0 Å². The predicted molar refractivity (Wildman–Crippen MR) is 166 cm³/mol. The highest BCUT2D eigenvalue weighted by Gasteiger charge is 2.31. The summed E-state index contributed by atoms with van der Waals surface area (Å²) in [7, 11) is 1.39. The monoisotopic (exact) mass is 589 g/mol. The third kappa shape index (κ3) is 4.88. The maximum absolute atomic E-state index is 15.6. The molecule has 0 spiro atoms. The van der Waals surface area contributed by atoms with Crippen molar-refractivity contribution < 1.29 is 18.7 Å². The number of carbonyl (C=O) groups is 2. The molecule has 2 aromatic heterocycles. The number of anilines is 1. The van der Waals surface area contributed by atoms with Crippen LogP contribution in [0.5, 0.6) is 0 Å². The highest BCUT2D eigenvalue weighted by molar-refractivity contribution is 5.94. The van der Waals surface area contributed by atoms with Crippen LogP contribution in [0.2, 0.25) is 0 Å². The number of hydrogen-bond acceptors (Lipinski definition) is 6. The van der Waals surface area contributed by atoms with Gasteiger partial charge in [0, 0.05) is 42.5 Å². The Hall–Kier alpha value is -5.05. The Morgan fingerprint density at radius 2 is 1.75 bits per heavy atom. The number of benzene rings is 3. The molecule has 0 aliphatic carbocycles. The topological polar surface area (TPSA) is 80.0 Å². The number of esters is 1. The summed E-state index contributed by atoms with van der Waals surface area (Å²) in [6.07, 6.45) is 1.45. The molecule has 8 nitrogen and oxygen atoms in total. The first-order chi connectivity index (χ1) is 21.4. The van der Waals surface area contributed by atoms with Gasteiger partial charge in [-0.1, -0.05) is 54.6 Å². The maximum atomic E-state index is 15.6. The number of ether oxygens (including phenoxy) is 1. The summed E-state index contributed by atoms with van der Waals surface area (Å²) in [5.41, 5.74) is 6.19. The van der Waals surface area contributed by atoms with E-state index < -0.39 is 5.82 Å². The van der Waals surface area contributed by atoms with Gasteiger partial charge in [-0.25, -0.2) is 13.9 Å². The van der Waals surface area contributed by atoms with E-state index in [9.17, 15) is 9.59 Å². The molecule has 2 atom stereocenters. The van der Waals surface area contributed by atoms with Crippen LogP contribution in [0.15, 0.2) is 84.9 Å². The van der Waals surface area contributed by atoms with E-state index in [1.54, 1.807) is 22.7 Å². The smallest absolute Gasteiger partial charge is 0.310 e. The van der Waals surface area contributed by atoms with Gasteiger partial charge in [0.25, 0.3) is 5.91 Å². The Balaban J connectivity index is 1.25. The van der Waals surface area contributed by atoms with Gasteiger partial charge in [-0.3, -0.25) is 9.59 Å². The van der Waals surface area contributed by atoms with Gasteiger partial charge in [-0.15, -0.1) is 0 Å². The zero-order valence-electron chi connectivity index (χ0n) is 24.6. The number of fused-ring (bicyclic) bond motifs is 2. The van der Waals surface area contributed by atoms with Crippen molar-refractivity contribution >= 4 is 23.2 Å². The van der Waals surface area contributed by atoms with E-state index in [2.05, 4.69) is 12.1 Å². The number of methoxy groups -OCH3 is 1. The summed E-state index contributed by atoms with van der Waals surface area (Å²) >= 11 is 0. The summed E-state index contributed by atoms with van der Waals surface area (Å²) < 4.78 is 22.2. The first-order valence-electron chi connectivity index (χ1n) is 14.9. The number of hydrogen-bond donors (Lipinski definition) is 0. The van der Waals surface area contributed by atoms with Crippen molar-refractivity contribution in [2.24, 2.45) is 5.92 Å². The van der Waals surface area contributed by atoms with Gasteiger partial charge >= 0.3 is 5.97 Å². The molecule has 0 bridgehead atoms. The molecule has 1 amide bonds. The van der Waals surface area contributed by atoms with Crippen LogP contribution in [0.1, 0.15) is 41.0 Å². The van der Waals surface area contributed by atoms with E-state index in [1.807, 2.05) is 65.3 Å². The number of aromatic nitrogens is 3. The molecule has 5 aromatic rings. The van der Waals surface area contributed by atoms with Crippen LogP contribution >= 0.6 is 0 Å². The second-order valence-corrected chi connectivity index (χ2v) is 11.4. The molecular weight excluding hydrogens is 557 g/mol. The molecule has 7 rings (SSSR count). The highest BCUT2D eigenvalue weighted by Crippen LogP contribution is 2.33. The van der Waals surface area contributed by atoms with Gasteiger partial charge in [-0.2, -0.15) is 5.10 Å². The SMILES string of the molecule is COC(=O)[C@H]1CCN(c2ccc(-c3cc4nc(C(=O)N5CCc6ccccc6[C@H]5C)cc(-c5ccccc5)n4n3)c(F)c2)C1. The van der Waals surface area contributed by atoms with Crippen LogP contribution in [0.3, 0.4) is 0 Å². The molecule has 3 aromatic carbocycles. The minimum Gasteiger partial charge on any atom is -0.469 e. The fourth-order valence-electron chi connectivity index (χ4n) is 6.49. The molecule has 9 heteroatoms. The Labute approximate surface area is 254 Å². The first kappa shape index (κ1) is 27.8. The molecule has 1 saturated heterocycles. The molecule has 1 fully saturated rings. The third-order valence-electron chi connectivity index (χ3n) is 8.89. The third-order valence-corrected chi connectivity index (χ3v) is 8.89. The van der Waals surface area contributed by atoms with Crippen molar-refractivity contribution in [3.05, 3.63) is 108 Å². The van der Waals surface area contributed by atoms with Gasteiger partial charge in [0.05, 0.1) is 30.5 Å². The zero-order chi connectivity index (χ0) is 30.4. The molecule has 222 valence electrons. The van der Waals surface area contributed by atoms with Gasteiger partial charge in [0.1, 0.15) is 11.5 Å². The number of carbonyl (C=O) groups excluding carboxylic acids is 2. The number of nitrogens with zero attached hydrogens (tertiary/aromatic N) is 5. The fourth-order valence-corrected chi connectivity index (χ4v) is 6.49. The Kier molecular flexibility index (Phi) is 7.08. The first-order valence-corrected chi connectivity index (χ1v) is 14.9. The fraction of sp³-hybridized carbons (Fsp3) is 0.257. The van der Waals surface area contributed by atoms with Gasteiger partial charge in [0.15, 0.2) is 5.65 Å². The van der Waals surface area contributed by atoms with Crippen LogP contribution in [0.25, 0.3) is 28.2 Å². The quantitative estimate of drug-likeness (QED) is 0.236. The lowest BCUT2D eigenvalue weighted by atomic mass is 9.93. The number of amides is 1. The van der Waals surface area contributed by atoms with E-state index in [4.69, 9.17) is 14.8 Å². The lowest BCUT2D eigenvalue weighted by molar-refractivity contribution is -0.144. The van der Waals surface area contributed by atoms with Crippen molar-refractivity contribution in [3.8, 4) is 22.5 Å². The molecule has 44 heavy (non-hydrogen) atoms. The Morgan fingerprint density at radius 3 is 2.55 bits per heavy atom. The van der Waals surface area contributed by atoms with E-state index in [0.29, 0.717) is 60.0 Å². The summed E-state index contributed by atoms with van der Waals surface area (Å²) in [6.45, 7) is 3.79. The predicted octanol–water partition coefficient (Wildman–Crippen LogP) is 5.96. The van der Waals surface area contributed by atoms with Gasteiger partial charge < -0.3 is 14.5 Å². The highest BCUT2D eigenvalue weighted by atomic mass is 19.1.